The average Bonchev–Trinajstić information content (AvgIpc) is 3.39. The number of aliphatic hydroxyl groups excluding tert-OH is 1. The summed E-state index contributed by atoms with van der Waals surface area (Å²) in [6.45, 7) is 11.0. The van der Waals surface area contributed by atoms with E-state index in [2.05, 4.69) is 11.5 Å². The van der Waals surface area contributed by atoms with Crippen molar-refractivity contribution in [2.24, 2.45) is 51.2 Å². The highest BCUT2D eigenvalue weighted by Gasteiger charge is 2.92. The largest absolute Gasteiger partial charge is 0.460 e. The molecular formula is C35H43NO10. The summed E-state index contributed by atoms with van der Waals surface area (Å²) in [5.41, 5.74) is -3.53. The summed E-state index contributed by atoms with van der Waals surface area (Å²) in [6, 6.07) is 0. The summed E-state index contributed by atoms with van der Waals surface area (Å²) < 4.78 is 17.3. The van der Waals surface area contributed by atoms with Gasteiger partial charge in [0.25, 0.3) is 0 Å². The molecule has 4 heterocycles. The molecule has 0 amide bonds. The van der Waals surface area contributed by atoms with Crippen LogP contribution in [-0.2, 0) is 38.2 Å². The molecule has 0 radical (unpaired) electrons. The Morgan fingerprint density at radius 1 is 1.02 bits per heavy atom. The zero-order chi connectivity index (χ0) is 32.8. The number of aliphatic hydroxyl groups is 2. The third kappa shape index (κ3) is 3.27. The van der Waals surface area contributed by atoms with E-state index in [1.54, 1.807) is 0 Å². The topological polar surface area (TPSA) is 157 Å². The number of piperidine rings is 1. The van der Waals surface area contributed by atoms with Crippen molar-refractivity contribution in [3.63, 3.8) is 0 Å². The smallest absolute Gasteiger partial charge is 0.317 e. The Morgan fingerprint density at radius 3 is 2.43 bits per heavy atom. The summed E-state index contributed by atoms with van der Waals surface area (Å²) in [5, 5.41) is 24.5. The molecule has 9 rings (SSSR count). The van der Waals surface area contributed by atoms with Gasteiger partial charge in [0.15, 0.2) is 5.78 Å². The number of rotatable bonds is 3. The molecule has 11 nitrogen and oxygen atoms in total. The van der Waals surface area contributed by atoms with E-state index in [0.29, 0.717) is 58.0 Å². The number of ether oxygens (including phenoxy) is 3. The maximum atomic E-state index is 14.5. The van der Waals surface area contributed by atoms with Crippen LogP contribution in [0.15, 0.2) is 23.9 Å². The lowest BCUT2D eigenvalue weighted by Gasteiger charge is -2.77. The number of allylic oxidation sites excluding steroid dienone is 2. The minimum Gasteiger partial charge on any atom is -0.460 e. The summed E-state index contributed by atoms with van der Waals surface area (Å²) in [5.74, 6) is -6.87. The van der Waals surface area contributed by atoms with Crippen molar-refractivity contribution in [2.45, 2.75) is 90.1 Å². The number of Topliss-reactive ketones (excluding diaryl/α,β-unsaturated/α-hetero) is 2. The summed E-state index contributed by atoms with van der Waals surface area (Å²) in [7, 11) is 0. The molecule has 9 aliphatic rings. The molecule has 46 heavy (non-hydrogen) atoms. The van der Waals surface area contributed by atoms with E-state index < -0.39 is 92.9 Å². The van der Waals surface area contributed by atoms with Crippen LogP contribution in [0.25, 0.3) is 0 Å². The molecule has 4 saturated heterocycles. The van der Waals surface area contributed by atoms with E-state index in [4.69, 9.17) is 14.2 Å². The number of carbonyl (C=O) groups is 5. The van der Waals surface area contributed by atoms with Gasteiger partial charge in [-0.15, -0.1) is 0 Å². The fourth-order valence-corrected chi connectivity index (χ4v) is 11.8. The zero-order valence-corrected chi connectivity index (χ0v) is 26.7. The van der Waals surface area contributed by atoms with Gasteiger partial charge in [-0.3, -0.25) is 24.0 Å². The zero-order valence-electron chi connectivity index (χ0n) is 26.7. The van der Waals surface area contributed by atoms with Crippen LogP contribution in [0.3, 0.4) is 0 Å². The quantitative estimate of drug-likeness (QED) is 0.266. The molecule has 11 heteroatoms. The Labute approximate surface area is 267 Å². The molecule has 0 aromatic rings. The van der Waals surface area contributed by atoms with Crippen LogP contribution < -0.4 is 0 Å². The monoisotopic (exact) mass is 637 g/mol. The summed E-state index contributed by atoms with van der Waals surface area (Å²) in [4.78, 5) is 68.9. The Hall–Kier alpha value is -2.89. The number of fused-ring (bicyclic) bond motifs is 3. The Bertz CT molecular complexity index is 1520. The summed E-state index contributed by atoms with van der Waals surface area (Å²) in [6.07, 6.45) is 2.89. The molecule has 248 valence electrons. The lowest BCUT2D eigenvalue weighted by molar-refractivity contribution is -0.458. The van der Waals surface area contributed by atoms with Gasteiger partial charge in [-0.2, -0.15) is 0 Å². The highest BCUT2D eigenvalue weighted by molar-refractivity contribution is 6.07. The highest BCUT2D eigenvalue weighted by Crippen LogP contribution is 2.81. The number of hydrogen-bond acceptors (Lipinski definition) is 11. The average molecular weight is 638 g/mol. The Kier molecular flexibility index (Phi) is 6.21. The van der Waals surface area contributed by atoms with Crippen LogP contribution in [0.1, 0.15) is 72.1 Å². The van der Waals surface area contributed by atoms with Gasteiger partial charge >= 0.3 is 17.9 Å². The maximum Gasteiger partial charge on any atom is 0.317 e. The fourth-order valence-electron chi connectivity index (χ4n) is 11.8. The van der Waals surface area contributed by atoms with Crippen LogP contribution in [0.4, 0.5) is 0 Å². The molecule has 2 spiro atoms. The van der Waals surface area contributed by atoms with Gasteiger partial charge in [-0.05, 0) is 49.5 Å². The first-order chi connectivity index (χ1) is 21.7. The second-order valence-corrected chi connectivity index (χ2v) is 16.1. The van der Waals surface area contributed by atoms with Crippen molar-refractivity contribution < 1.29 is 48.4 Å². The first kappa shape index (κ1) is 30.4. The number of nitrogens with zero attached hydrogens (tertiary/aromatic N) is 1. The number of cyclic esters (lactones) is 2. The van der Waals surface area contributed by atoms with Crippen molar-refractivity contribution in [3.8, 4) is 0 Å². The molecule has 4 bridgehead atoms. The van der Waals surface area contributed by atoms with E-state index in [1.165, 1.54) is 0 Å². The van der Waals surface area contributed by atoms with Crippen molar-refractivity contribution in [1.82, 2.24) is 4.90 Å². The highest BCUT2D eigenvalue weighted by atomic mass is 16.7. The number of esters is 3. The van der Waals surface area contributed by atoms with Crippen LogP contribution in [0.2, 0.25) is 0 Å². The minimum atomic E-state index is -2.36. The summed E-state index contributed by atoms with van der Waals surface area (Å²) >= 11 is 0. The van der Waals surface area contributed by atoms with Crippen LogP contribution in [0.5, 0.6) is 0 Å². The normalized spacial score (nSPS) is 47.6. The van der Waals surface area contributed by atoms with Gasteiger partial charge in [0.2, 0.25) is 5.79 Å². The molecule has 4 saturated carbocycles. The van der Waals surface area contributed by atoms with E-state index >= 15 is 0 Å². The van der Waals surface area contributed by atoms with E-state index in [1.807, 2.05) is 26.8 Å². The van der Waals surface area contributed by atoms with Gasteiger partial charge in [0.1, 0.15) is 23.4 Å². The standard InChI is InChI=1S/C35H43NO10/c1-17-20-7-12-32(4)33-16-44-35(43,26(39)24(33)31(2,3)11-8-23(33)37)34(32,25(17)38)27(20)45-28(40)18-9-13-36(14-10-18)19-5-6-21-22(15-19)30(42)46-29(21)41/h5,18,20-22,24,26-27,39,43H,1,6-16H2,2-4H3/t20-,21?,22?,24+,26-,27+,32-,33+,34-,35+/m0/s1. The Morgan fingerprint density at radius 2 is 1.72 bits per heavy atom. The SMILES string of the molecule is C=C1C(=O)[C@]23[C@H](OC(=O)C4CCN(C5=CCC6C(=O)OC(=O)C6C5)CC4)[C@H]1CC[C@@]2(C)[C@@]12CO[C@]3(O)[C@@H](O)[C@@H]1C(C)(C)CCC2=O. The fraction of sp³-hybridized carbons (Fsp3) is 0.743. The number of ketones is 2. The van der Waals surface area contributed by atoms with Crippen LogP contribution in [0, 0.1) is 51.2 Å². The molecule has 4 aliphatic heterocycles. The van der Waals surface area contributed by atoms with Crippen LogP contribution in [-0.4, -0.2) is 82.3 Å². The molecule has 0 aromatic carbocycles. The molecule has 2 N–H and O–H groups in total. The predicted molar refractivity (Wildman–Crippen MR) is 158 cm³/mol. The van der Waals surface area contributed by atoms with Gasteiger partial charge in [0, 0.05) is 48.9 Å². The van der Waals surface area contributed by atoms with E-state index in [9.17, 15) is 34.2 Å². The molecule has 2 unspecified atom stereocenters. The molecule has 10 atom stereocenters. The van der Waals surface area contributed by atoms with Crippen molar-refractivity contribution in [3.05, 3.63) is 23.9 Å². The van der Waals surface area contributed by atoms with Gasteiger partial charge < -0.3 is 29.3 Å². The third-order valence-electron chi connectivity index (χ3n) is 14.2. The predicted octanol–water partition coefficient (Wildman–Crippen LogP) is 2.23. The first-order valence-corrected chi connectivity index (χ1v) is 16.9. The molecule has 5 aliphatic carbocycles. The third-order valence-corrected chi connectivity index (χ3v) is 14.2. The maximum absolute atomic E-state index is 14.5. The number of carbonyl (C=O) groups excluding carboxylic acids is 5. The van der Waals surface area contributed by atoms with Gasteiger partial charge in [-0.1, -0.05) is 33.4 Å². The van der Waals surface area contributed by atoms with Crippen molar-refractivity contribution in [1.29, 1.82) is 0 Å². The molecule has 0 aromatic heterocycles. The van der Waals surface area contributed by atoms with Crippen molar-refractivity contribution >= 4 is 29.5 Å². The van der Waals surface area contributed by atoms with Gasteiger partial charge in [-0.25, -0.2) is 0 Å². The van der Waals surface area contributed by atoms with E-state index in [-0.39, 0.29) is 24.4 Å². The van der Waals surface area contributed by atoms with Gasteiger partial charge in [0.05, 0.1) is 29.8 Å². The second-order valence-electron chi connectivity index (χ2n) is 16.1. The first-order valence-electron chi connectivity index (χ1n) is 16.9. The number of hydrogen-bond donors (Lipinski definition) is 2. The lowest BCUT2D eigenvalue weighted by atomic mass is 9.30. The number of likely N-dealkylation sites (tertiary alicyclic amines) is 1. The Balaban J connectivity index is 1.08. The molecule has 8 fully saturated rings. The lowest BCUT2D eigenvalue weighted by Crippen LogP contribution is -2.88. The molecular weight excluding hydrogens is 594 g/mol. The van der Waals surface area contributed by atoms with Crippen LogP contribution >= 0.6 is 0 Å². The minimum absolute atomic E-state index is 0.0701. The van der Waals surface area contributed by atoms with E-state index in [0.717, 1.165) is 5.70 Å². The second kappa shape index (κ2) is 9.38. The van der Waals surface area contributed by atoms with Crippen molar-refractivity contribution in [2.75, 3.05) is 19.7 Å².